The van der Waals surface area contributed by atoms with E-state index >= 15 is 0 Å². The van der Waals surface area contributed by atoms with Crippen molar-refractivity contribution in [2.75, 3.05) is 38.2 Å². The van der Waals surface area contributed by atoms with Gasteiger partial charge in [-0.2, -0.15) is 5.26 Å². The van der Waals surface area contributed by atoms with E-state index in [2.05, 4.69) is 20.9 Å². The van der Waals surface area contributed by atoms with E-state index in [1.165, 1.54) is 26.4 Å². The van der Waals surface area contributed by atoms with E-state index in [9.17, 15) is 10.1 Å². The van der Waals surface area contributed by atoms with Gasteiger partial charge in [0.15, 0.2) is 0 Å². The topological polar surface area (TPSA) is 69.5 Å². The van der Waals surface area contributed by atoms with E-state index in [-0.39, 0.29) is 5.41 Å². The molecule has 0 N–H and O–H groups in total. The second-order valence-corrected chi connectivity index (χ2v) is 7.93. The van der Waals surface area contributed by atoms with Gasteiger partial charge in [0, 0.05) is 32.4 Å². The lowest BCUT2D eigenvalue weighted by atomic mass is 9.77. The van der Waals surface area contributed by atoms with Crippen LogP contribution < -0.4 is 9.64 Å². The van der Waals surface area contributed by atoms with Gasteiger partial charge in [0.1, 0.15) is 11.6 Å². The molecule has 2 saturated heterocycles. The zero-order chi connectivity index (χ0) is 18.1. The summed E-state index contributed by atoms with van der Waals surface area (Å²) in [5.74, 6) is 1.39. The normalized spacial score (nSPS) is 26.1. The van der Waals surface area contributed by atoms with Gasteiger partial charge in [-0.25, -0.2) is 4.98 Å². The highest BCUT2D eigenvalue weighted by Crippen LogP contribution is 2.43. The number of aromatic nitrogens is 1. The minimum absolute atomic E-state index is 0.286. The molecule has 0 unspecified atom stereocenters. The summed E-state index contributed by atoms with van der Waals surface area (Å²) in [5, 5.41) is 9.55. The van der Waals surface area contributed by atoms with Crippen LogP contribution in [0.15, 0.2) is 12.3 Å². The summed E-state index contributed by atoms with van der Waals surface area (Å²) in [6.45, 7) is 3.33. The predicted octanol–water partition coefficient (Wildman–Crippen LogP) is 2.58. The lowest BCUT2D eigenvalue weighted by Crippen LogP contribution is -2.51. The number of carbonyl (C=O) groups is 1. The van der Waals surface area contributed by atoms with Gasteiger partial charge in [0.2, 0.25) is 11.8 Å². The van der Waals surface area contributed by atoms with E-state index < -0.39 is 0 Å². The smallest absolute Gasteiger partial charge is 0.233 e. The molecular weight excluding hydrogens is 328 g/mol. The Morgan fingerprint density at radius 3 is 2.88 bits per heavy atom. The Bertz CT molecular complexity index is 740. The number of nitriles is 1. The summed E-state index contributed by atoms with van der Waals surface area (Å²) in [6.07, 6.45) is 8.42. The van der Waals surface area contributed by atoms with Crippen LogP contribution in [0, 0.1) is 22.7 Å². The van der Waals surface area contributed by atoms with Gasteiger partial charge in [-0.15, -0.1) is 0 Å². The van der Waals surface area contributed by atoms with Gasteiger partial charge in [-0.1, -0.05) is 6.42 Å². The quantitative estimate of drug-likeness (QED) is 0.831. The minimum Gasteiger partial charge on any atom is -0.480 e. The molecule has 0 bridgehead atoms. The molecule has 6 nitrogen and oxygen atoms in total. The number of pyridine rings is 1. The van der Waals surface area contributed by atoms with Crippen LogP contribution in [0.1, 0.15) is 44.1 Å². The van der Waals surface area contributed by atoms with Crippen molar-refractivity contribution >= 4 is 11.6 Å². The number of methoxy groups -OCH3 is 1. The Labute approximate surface area is 154 Å². The number of rotatable bonds is 4. The van der Waals surface area contributed by atoms with Crippen LogP contribution in [0.2, 0.25) is 0 Å². The molecule has 4 rings (SSSR count). The fourth-order valence-electron chi connectivity index (χ4n) is 4.73. The van der Waals surface area contributed by atoms with E-state index in [1.54, 1.807) is 6.20 Å². The molecule has 1 spiro atoms. The van der Waals surface area contributed by atoms with Crippen molar-refractivity contribution in [1.29, 1.82) is 5.26 Å². The van der Waals surface area contributed by atoms with Crippen LogP contribution in [0.5, 0.6) is 5.88 Å². The number of amides is 1. The van der Waals surface area contributed by atoms with E-state index in [0.29, 0.717) is 29.8 Å². The van der Waals surface area contributed by atoms with Gasteiger partial charge in [0.05, 0.1) is 18.2 Å². The zero-order valence-corrected chi connectivity index (χ0v) is 15.4. The number of hydrogen-bond acceptors (Lipinski definition) is 5. The number of anilines is 1. The van der Waals surface area contributed by atoms with E-state index in [1.807, 2.05) is 6.07 Å². The fourth-order valence-corrected chi connectivity index (χ4v) is 4.73. The zero-order valence-electron chi connectivity index (χ0n) is 15.4. The van der Waals surface area contributed by atoms with Crippen molar-refractivity contribution in [3.05, 3.63) is 17.8 Å². The van der Waals surface area contributed by atoms with Crippen molar-refractivity contribution < 1.29 is 9.53 Å². The van der Waals surface area contributed by atoms with Gasteiger partial charge in [-0.05, 0) is 44.1 Å². The maximum Gasteiger partial charge on any atom is 0.233 e. The molecule has 26 heavy (non-hydrogen) atoms. The third-order valence-electron chi connectivity index (χ3n) is 6.42. The Hall–Kier alpha value is -2.29. The van der Waals surface area contributed by atoms with Gasteiger partial charge >= 0.3 is 0 Å². The standard InChI is InChI=1S/C20H26N4O2/c1-26-18-16(12-21)17(6-9-22-18)24-11-8-20(14-24)7-3-10-23(19(20)25)13-15-4-2-5-15/h6,9,15H,2-5,7-8,10-11,13-14H2,1H3/t20-/m0/s1. The summed E-state index contributed by atoms with van der Waals surface area (Å²) in [5.41, 5.74) is 1.01. The Balaban J connectivity index is 1.54. The molecular formula is C20H26N4O2. The number of ether oxygens (including phenoxy) is 1. The first-order valence-electron chi connectivity index (χ1n) is 9.64. The highest BCUT2D eigenvalue weighted by atomic mass is 16.5. The third-order valence-corrected chi connectivity index (χ3v) is 6.42. The van der Waals surface area contributed by atoms with Crippen LogP contribution in [0.3, 0.4) is 0 Å². The van der Waals surface area contributed by atoms with Crippen molar-refractivity contribution in [3.8, 4) is 11.9 Å². The minimum atomic E-state index is -0.286. The van der Waals surface area contributed by atoms with Crippen LogP contribution in [-0.2, 0) is 4.79 Å². The summed E-state index contributed by atoms with van der Waals surface area (Å²) in [4.78, 5) is 21.7. The molecule has 3 aliphatic rings. The molecule has 1 aromatic heterocycles. The molecule has 1 aromatic rings. The van der Waals surface area contributed by atoms with Crippen LogP contribution >= 0.6 is 0 Å². The van der Waals surface area contributed by atoms with E-state index in [0.717, 1.165) is 44.6 Å². The number of carbonyl (C=O) groups excluding carboxylic acids is 1. The molecule has 0 radical (unpaired) electrons. The highest BCUT2D eigenvalue weighted by Gasteiger charge is 2.49. The summed E-state index contributed by atoms with van der Waals surface area (Å²) in [7, 11) is 1.53. The van der Waals surface area contributed by atoms with Gasteiger partial charge in [-0.3, -0.25) is 4.79 Å². The molecule has 6 heteroatoms. The first kappa shape index (κ1) is 17.1. The Kier molecular flexibility index (Phi) is 4.47. The van der Waals surface area contributed by atoms with Crippen molar-refractivity contribution in [3.63, 3.8) is 0 Å². The summed E-state index contributed by atoms with van der Waals surface area (Å²) >= 11 is 0. The van der Waals surface area contributed by atoms with Crippen LogP contribution in [0.25, 0.3) is 0 Å². The van der Waals surface area contributed by atoms with Crippen LogP contribution in [-0.4, -0.2) is 49.1 Å². The van der Waals surface area contributed by atoms with Crippen molar-refractivity contribution in [2.45, 2.75) is 38.5 Å². The Morgan fingerprint density at radius 2 is 2.19 bits per heavy atom. The molecule has 1 saturated carbocycles. The highest BCUT2D eigenvalue weighted by molar-refractivity contribution is 5.85. The maximum absolute atomic E-state index is 13.3. The SMILES string of the molecule is COc1nccc(N2CC[C@@]3(CCCN(CC4CCC4)C3=O)C2)c1C#N. The van der Waals surface area contributed by atoms with Crippen LogP contribution in [0.4, 0.5) is 5.69 Å². The molecule has 1 aliphatic carbocycles. The summed E-state index contributed by atoms with van der Waals surface area (Å²) in [6, 6.07) is 4.08. The predicted molar refractivity (Wildman–Crippen MR) is 97.9 cm³/mol. The maximum atomic E-state index is 13.3. The molecule has 138 valence electrons. The van der Waals surface area contributed by atoms with Gasteiger partial charge < -0.3 is 14.5 Å². The number of hydrogen-bond donors (Lipinski definition) is 0. The number of likely N-dealkylation sites (tertiary alicyclic amines) is 1. The lowest BCUT2D eigenvalue weighted by molar-refractivity contribution is -0.146. The van der Waals surface area contributed by atoms with Gasteiger partial charge in [0.25, 0.3) is 0 Å². The molecule has 1 atom stereocenters. The molecule has 1 amide bonds. The van der Waals surface area contributed by atoms with Crippen molar-refractivity contribution in [2.24, 2.45) is 11.3 Å². The van der Waals surface area contributed by atoms with Crippen molar-refractivity contribution in [1.82, 2.24) is 9.88 Å². The number of piperidine rings is 1. The first-order valence-corrected chi connectivity index (χ1v) is 9.64. The first-order chi connectivity index (χ1) is 12.7. The largest absolute Gasteiger partial charge is 0.480 e. The fraction of sp³-hybridized carbons (Fsp3) is 0.650. The molecule has 3 heterocycles. The second kappa shape index (κ2) is 6.79. The molecule has 3 fully saturated rings. The molecule has 2 aliphatic heterocycles. The average Bonchev–Trinajstić information content (AvgIpc) is 3.05. The third kappa shape index (κ3) is 2.80. The second-order valence-electron chi connectivity index (χ2n) is 7.93. The average molecular weight is 354 g/mol. The molecule has 0 aromatic carbocycles. The van der Waals surface area contributed by atoms with E-state index in [4.69, 9.17) is 4.74 Å². The lowest BCUT2D eigenvalue weighted by Gasteiger charge is -2.42. The Morgan fingerprint density at radius 1 is 1.35 bits per heavy atom. The summed E-state index contributed by atoms with van der Waals surface area (Å²) < 4.78 is 5.24. The monoisotopic (exact) mass is 354 g/mol. The number of nitrogens with zero attached hydrogens (tertiary/aromatic N) is 4.